The summed E-state index contributed by atoms with van der Waals surface area (Å²) in [5.74, 6) is -4.77. The van der Waals surface area contributed by atoms with E-state index in [4.69, 9.17) is 0 Å². The lowest BCUT2D eigenvalue weighted by Crippen LogP contribution is -2.41. The Labute approximate surface area is 283 Å². The zero-order valence-electron chi connectivity index (χ0n) is 26.8. The van der Waals surface area contributed by atoms with Crippen molar-refractivity contribution in [3.05, 3.63) is 91.4 Å². The van der Waals surface area contributed by atoms with Gasteiger partial charge in [-0.05, 0) is 92.2 Å². The number of hydrogen-bond acceptors (Lipinski definition) is 3. The lowest BCUT2D eigenvalue weighted by molar-refractivity contribution is -0.139. The maximum absolute atomic E-state index is 16.6. The molecular weight excluding hydrogens is 734 g/mol. The molecule has 12 heteroatoms. The van der Waals surface area contributed by atoms with E-state index < -0.39 is 64.9 Å². The lowest BCUT2D eigenvalue weighted by atomic mass is 9.87. The number of carbonyl (C=O) groups is 2. The first-order valence-corrected chi connectivity index (χ1v) is 17.0. The number of carboxylic acids is 1. The number of pyridine rings is 1. The van der Waals surface area contributed by atoms with Crippen molar-refractivity contribution in [1.29, 1.82) is 0 Å². The maximum Gasteiger partial charge on any atom is 0.416 e. The maximum atomic E-state index is 16.6. The fraction of sp³-hybridized carbons (Fsp3) is 0.457. The van der Waals surface area contributed by atoms with Crippen molar-refractivity contribution in [2.24, 2.45) is 5.92 Å². The van der Waals surface area contributed by atoms with Gasteiger partial charge in [0, 0.05) is 27.8 Å². The van der Waals surface area contributed by atoms with Gasteiger partial charge in [-0.15, -0.1) is 0 Å². The van der Waals surface area contributed by atoms with E-state index in [9.17, 15) is 32.7 Å². The normalized spacial score (nSPS) is 14.7. The number of nitrogens with one attached hydrogen (secondary N) is 1. The van der Waals surface area contributed by atoms with Crippen molar-refractivity contribution in [3.8, 4) is 11.1 Å². The van der Waals surface area contributed by atoms with E-state index in [1.54, 1.807) is 27.7 Å². The number of halogens is 6. The van der Waals surface area contributed by atoms with Crippen molar-refractivity contribution in [1.82, 2.24) is 9.88 Å². The highest BCUT2D eigenvalue weighted by molar-refractivity contribution is 14.1. The second-order valence-corrected chi connectivity index (χ2v) is 13.9. The zero-order chi connectivity index (χ0) is 35.0. The second kappa shape index (κ2) is 14.4. The standard InChI is InChI=1S/C35H38F5IN2O4/c1-17(2)10-27(43-16-22(8-9-41)25(14-28(43)44)35(38,39)40)34(47)42-26(15-29(45)46)31-32(36)23(21-6-7-21)13-24(33(31)37)30-19(4)11-18(3)12-20(30)5/h11-14,16-17,21,26-27H,6-10,15H2,1-5H3,(H,42,47)(H,45,46)/t26-,27-/m0/s1. The molecule has 1 aliphatic carbocycles. The summed E-state index contributed by atoms with van der Waals surface area (Å²) in [6.45, 7) is 8.98. The fourth-order valence-electron chi connectivity index (χ4n) is 6.32. The number of aliphatic carboxylic acids is 1. The molecule has 1 fully saturated rings. The molecule has 1 aliphatic rings. The van der Waals surface area contributed by atoms with Gasteiger partial charge in [0.1, 0.15) is 17.7 Å². The highest BCUT2D eigenvalue weighted by atomic mass is 127. The zero-order valence-corrected chi connectivity index (χ0v) is 29.0. The van der Waals surface area contributed by atoms with E-state index in [0.717, 1.165) is 27.5 Å². The number of alkyl halides is 4. The summed E-state index contributed by atoms with van der Waals surface area (Å²) in [5.41, 5.74) is 0.302. The molecule has 47 heavy (non-hydrogen) atoms. The van der Waals surface area contributed by atoms with Gasteiger partial charge in [-0.25, -0.2) is 8.78 Å². The smallest absolute Gasteiger partial charge is 0.416 e. The van der Waals surface area contributed by atoms with Crippen molar-refractivity contribution in [3.63, 3.8) is 0 Å². The van der Waals surface area contributed by atoms with E-state index >= 15 is 8.78 Å². The molecule has 0 spiro atoms. The summed E-state index contributed by atoms with van der Waals surface area (Å²) in [6, 6.07) is 2.58. The van der Waals surface area contributed by atoms with Crippen molar-refractivity contribution in [2.75, 3.05) is 4.43 Å². The third-order valence-corrected chi connectivity index (χ3v) is 8.97. The van der Waals surface area contributed by atoms with Gasteiger partial charge in [-0.3, -0.25) is 14.4 Å². The van der Waals surface area contributed by atoms with Crippen LogP contribution in [0, 0.1) is 38.3 Å². The van der Waals surface area contributed by atoms with Gasteiger partial charge in [0.05, 0.1) is 18.0 Å². The number of aromatic nitrogens is 1. The van der Waals surface area contributed by atoms with Crippen LogP contribution in [0.2, 0.25) is 0 Å². The van der Waals surface area contributed by atoms with E-state index in [2.05, 4.69) is 5.32 Å². The number of amides is 1. The Balaban J connectivity index is 1.88. The number of rotatable bonds is 12. The average Bonchev–Trinajstić information content (AvgIpc) is 3.78. The molecule has 0 unspecified atom stereocenters. The van der Waals surface area contributed by atoms with Gasteiger partial charge in [-0.2, -0.15) is 13.2 Å². The van der Waals surface area contributed by atoms with Gasteiger partial charge >= 0.3 is 12.1 Å². The first-order valence-electron chi connectivity index (χ1n) is 15.4. The topological polar surface area (TPSA) is 88.4 Å². The molecule has 1 amide bonds. The monoisotopic (exact) mass is 772 g/mol. The van der Waals surface area contributed by atoms with E-state index in [1.165, 1.54) is 6.07 Å². The molecule has 6 nitrogen and oxygen atoms in total. The van der Waals surface area contributed by atoms with E-state index in [1.807, 2.05) is 41.6 Å². The molecule has 4 rings (SSSR count). The molecule has 0 radical (unpaired) electrons. The molecule has 0 saturated heterocycles. The lowest BCUT2D eigenvalue weighted by Gasteiger charge is -2.27. The SMILES string of the molecule is Cc1cc(C)c(-c2cc(C3CC3)c(F)c([C@H](CC(=O)O)NC(=O)[C@H](CC(C)C)n3cc(CCI)c(C(F)(F)F)cc3=O)c2F)c(C)c1. The molecule has 1 saturated carbocycles. The molecule has 0 bridgehead atoms. The van der Waals surface area contributed by atoms with Gasteiger partial charge in [0.2, 0.25) is 5.91 Å². The van der Waals surface area contributed by atoms with Gasteiger partial charge < -0.3 is 15.0 Å². The molecule has 0 aliphatic heterocycles. The Morgan fingerprint density at radius 3 is 2.17 bits per heavy atom. The third-order valence-electron chi connectivity index (χ3n) is 8.44. The number of benzene rings is 2. The molecular formula is C35H38F5IN2O4. The number of carboxylic acid groups (broad SMARTS) is 1. The van der Waals surface area contributed by atoms with Crippen LogP contribution in [0.3, 0.4) is 0 Å². The Bertz CT molecular complexity index is 1720. The Morgan fingerprint density at radius 1 is 1.04 bits per heavy atom. The Hall–Kier alpha value is -3.29. The predicted octanol–water partition coefficient (Wildman–Crippen LogP) is 8.51. The Kier molecular flexibility index (Phi) is 11.2. The molecule has 3 aromatic rings. The first kappa shape index (κ1) is 36.5. The largest absolute Gasteiger partial charge is 0.481 e. The molecule has 2 N–H and O–H groups in total. The molecule has 2 atom stereocenters. The molecule has 254 valence electrons. The van der Waals surface area contributed by atoms with Gasteiger partial charge in [0.15, 0.2) is 0 Å². The molecule has 2 aromatic carbocycles. The highest BCUT2D eigenvalue weighted by Gasteiger charge is 2.38. The van der Waals surface area contributed by atoms with Crippen LogP contribution in [-0.2, 0) is 22.2 Å². The average molecular weight is 773 g/mol. The minimum atomic E-state index is -4.80. The number of hydrogen-bond donors (Lipinski definition) is 2. The fourth-order valence-corrected chi connectivity index (χ4v) is 6.91. The van der Waals surface area contributed by atoms with Crippen molar-refractivity contribution in [2.45, 2.75) is 90.9 Å². The summed E-state index contributed by atoms with van der Waals surface area (Å²) in [7, 11) is 0. The predicted molar refractivity (Wildman–Crippen MR) is 178 cm³/mol. The minimum absolute atomic E-state index is 0.0132. The van der Waals surface area contributed by atoms with Crippen LogP contribution >= 0.6 is 22.6 Å². The van der Waals surface area contributed by atoms with Crippen LogP contribution in [-0.4, -0.2) is 26.0 Å². The van der Waals surface area contributed by atoms with Crippen LogP contribution in [0.25, 0.3) is 11.1 Å². The van der Waals surface area contributed by atoms with Crippen LogP contribution in [0.5, 0.6) is 0 Å². The van der Waals surface area contributed by atoms with Gasteiger partial charge in [0.25, 0.3) is 5.56 Å². The summed E-state index contributed by atoms with van der Waals surface area (Å²) in [4.78, 5) is 39.1. The van der Waals surface area contributed by atoms with Gasteiger partial charge in [-0.1, -0.05) is 54.1 Å². The number of carbonyl (C=O) groups excluding carboxylic acids is 1. The highest BCUT2D eigenvalue weighted by Crippen LogP contribution is 2.46. The van der Waals surface area contributed by atoms with Crippen LogP contribution in [0.1, 0.15) is 96.5 Å². The van der Waals surface area contributed by atoms with E-state index in [0.29, 0.717) is 28.9 Å². The number of aryl methyl sites for hydroxylation is 4. The molecule has 1 aromatic heterocycles. The van der Waals surface area contributed by atoms with Crippen LogP contribution < -0.4 is 10.9 Å². The van der Waals surface area contributed by atoms with Crippen molar-refractivity contribution < 1.29 is 36.6 Å². The summed E-state index contributed by atoms with van der Waals surface area (Å²) < 4.78 is 75.4. The summed E-state index contributed by atoms with van der Waals surface area (Å²) in [6.07, 6.45) is -3.38. The minimum Gasteiger partial charge on any atom is -0.481 e. The quantitative estimate of drug-likeness (QED) is 0.110. The number of nitrogens with zero attached hydrogens (tertiary/aromatic N) is 1. The summed E-state index contributed by atoms with van der Waals surface area (Å²) in [5, 5.41) is 12.3. The van der Waals surface area contributed by atoms with E-state index in [-0.39, 0.29) is 41.4 Å². The van der Waals surface area contributed by atoms with Crippen LogP contribution in [0.4, 0.5) is 22.0 Å². The first-order chi connectivity index (χ1) is 21.9. The van der Waals surface area contributed by atoms with Crippen molar-refractivity contribution >= 4 is 34.5 Å². The third kappa shape index (κ3) is 8.24. The second-order valence-electron chi connectivity index (χ2n) is 12.8. The molecule has 1 heterocycles. The van der Waals surface area contributed by atoms with Crippen LogP contribution in [0.15, 0.2) is 35.3 Å². The Morgan fingerprint density at radius 2 is 1.66 bits per heavy atom. The summed E-state index contributed by atoms with van der Waals surface area (Å²) >= 11 is 1.91.